The molecular weight excluding hydrogens is 372 g/mol. The Morgan fingerprint density at radius 2 is 1.61 bits per heavy atom. The van der Waals surface area contributed by atoms with Gasteiger partial charge in [0.1, 0.15) is 5.82 Å². The summed E-state index contributed by atoms with van der Waals surface area (Å²) in [5.41, 5.74) is -0.411. The molecule has 0 heterocycles. The molecule has 0 bridgehead atoms. The van der Waals surface area contributed by atoms with Crippen LogP contribution in [0.1, 0.15) is 67.3 Å². The molecular formula is C22H22F4O2. The van der Waals surface area contributed by atoms with Gasteiger partial charge in [0, 0.05) is 5.56 Å². The van der Waals surface area contributed by atoms with Gasteiger partial charge in [-0.2, -0.15) is 0 Å². The lowest BCUT2D eigenvalue weighted by molar-refractivity contribution is 0.0692. The lowest BCUT2D eigenvalue weighted by atomic mass is 9.75. The van der Waals surface area contributed by atoms with Gasteiger partial charge in [0.15, 0.2) is 17.5 Å². The minimum atomic E-state index is -1.64. The molecule has 0 aliphatic heterocycles. The van der Waals surface area contributed by atoms with Crippen LogP contribution in [0.3, 0.4) is 0 Å². The molecule has 0 radical (unpaired) electrons. The van der Waals surface area contributed by atoms with Crippen molar-refractivity contribution < 1.29 is 27.5 Å². The van der Waals surface area contributed by atoms with Crippen molar-refractivity contribution in [2.24, 2.45) is 5.92 Å². The zero-order valence-corrected chi connectivity index (χ0v) is 15.6. The lowest BCUT2D eigenvalue weighted by Gasteiger charge is -2.30. The predicted octanol–water partition coefficient (Wildman–Crippen LogP) is 6.68. The third kappa shape index (κ3) is 3.91. The van der Waals surface area contributed by atoms with Crippen LogP contribution in [0.4, 0.5) is 17.6 Å². The van der Waals surface area contributed by atoms with Gasteiger partial charge < -0.3 is 5.11 Å². The van der Waals surface area contributed by atoms with Crippen LogP contribution in [0.15, 0.2) is 24.3 Å². The third-order valence-corrected chi connectivity index (χ3v) is 5.66. The molecule has 6 heteroatoms. The summed E-state index contributed by atoms with van der Waals surface area (Å²) >= 11 is 0. The number of hydrogen-bond donors (Lipinski definition) is 1. The molecule has 0 amide bonds. The summed E-state index contributed by atoms with van der Waals surface area (Å²) in [6.45, 7) is 2.13. The van der Waals surface area contributed by atoms with E-state index in [1.54, 1.807) is 0 Å². The molecule has 150 valence electrons. The molecule has 1 N–H and O–H groups in total. The summed E-state index contributed by atoms with van der Waals surface area (Å²) in [6.07, 6.45) is 5.72. The molecule has 0 unspecified atom stereocenters. The molecule has 0 spiro atoms. The van der Waals surface area contributed by atoms with Crippen LogP contribution in [0, 0.1) is 29.2 Å². The van der Waals surface area contributed by atoms with E-state index in [2.05, 4.69) is 6.92 Å². The van der Waals surface area contributed by atoms with Gasteiger partial charge >= 0.3 is 5.97 Å². The van der Waals surface area contributed by atoms with E-state index >= 15 is 4.39 Å². The number of halogens is 4. The van der Waals surface area contributed by atoms with Crippen LogP contribution in [-0.4, -0.2) is 11.1 Å². The van der Waals surface area contributed by atoms with Crippen molar-refractivity contribution in [3.8, 4) is 11.1 Å². The van der Waals surface area contributed by atoms with Gasteiger partial charge in [-0.05, 0) is 66.8 Å². The first-order valence-electron chi connectivity index (χ1n) is 9.54. The van der Waals surface area contributed by atoms with Gasteiger partial charge in [-0.1, -0.05) is 25.8 Å². The van der Waals surface area contributed by atoms with Crippen molar-refractivity contribution in [2.75, 3.05) is 0 Å². The summed E-state index contributed by atoms with van der Waals surface area (Å²) < 4.78 is 56.0. The Bertz CT molecular complexity index is 863. The van der Waals surface area contributed by atoms with E-state index < -0.39 is 34.8 Å². The Morgan fingerprint density at radius 1 is 1.00 bits per heavy atom. The largest absolute Gasteiger partial charge is 0.478 e. The van der Waals surface area contributed by atoms with Crippen LogP contribution >= 0.6 is 0 Å². The fourth-order valence-electron chi connectivity index (χ4n) is 4.26. The third-order valence-electron chi connectivity index (χ3n) is 5.66. The molecule has 2 nitrogen and oxygen atoms in total. The Hall–Kier alpha value is -2.37. The van der Waals surface area contributed by atoms with Gasteiger partial charge in [-0.3, -0.25) is 0 Å². The van der Waals surface area contributed by atoms with Crippen molar-refractivity contribution in [2.45, 2.75) is 51.4 Å². The smallest absolute Gasteiger partial charge is 0.338 e. The van der Waals surface area contributed by atoms with E-state index in [4.69, 9.17) is 0 Å². The number of hydrogen-bond acceptors (Lipinski definition) is 1. The molecule has 28 heavy (non-hydrogen) atoms. The van der Waals surface area contributed by atoms with Gasteiger partial charge in [0.05, 0.1) is 5.56 Å². The molecule has 0 saturated heterocycles. The van der Waals surface area contributed by atoms with E-state index in [9.17, 15) is 23.1 Å². The highest BCUT2D eigenvalue weighted by Gasteiger charge is 2.28. The SMILES string of the molecule is CCCC1CCC(c2ccc(C(=O)O)c(F)c2-c2cc(F)c(F)c(F)c2)CC1. The highest BCUT2D eigenvalue weighted by atomic mass is 19.2. The molecule has 0 aromatic heterocycles. The zero-order chi connectivity index (χ0) is 20.4. The predicted molar refractivity (Wildman–Crippen MR) is 98.3 cm³/mol. The van der Waals surface area contributed by atoms with Gasteiger partial charge in [0.25, 0.3) is 0 Å². The van der Waals surface area contributed by atoms with Crippen LogP contribution in [-0.2, 0) is 0 Å². The average Bonchev–Trinajstić information content (AvgIpc) is 2.66. The molecule has 3 rings (SSSR count). The fraction of sp³-hybridized carbons (Fsp3) is 0.409. The molecule has 1 aliphatic carbocycles. The van der Waals surface area contributed by atoms with E-state index in [1.807, 2.05) is 0 Å². The molecule has 2 aromatic rings. The first kappa shape index (κ1) is 20.4. The Labute approximate surface area is 161 Å². The van der Waals surface area contributed by atoms with Crippen molar-refractivity contribution >= 4 is 5.97 Å². The number of rotatable bonds is 5. The normalized spacial score (nSPS) is 19.6. The fourth-order valence-corrected chi connectivity index (χ4v) is 4.26. The number of carbonyl (C=O) groups is 1. The molecule has 1 aliphatic rings. The number of carboxylic acids is 1. The molecule has 2 aromatic carbocycles. The maximum Gasteiger partial charge on any atom is 0.338 e. The average molecular weight is 394 g/mol. The second-order valence-corrected chi connectivity index (χ2v) is 7.46. The topological polar surface area (TPSA) is 37.3 Å². The maximum atomic E-state index is 15.1. The Balaban J connectivity index is 2.09. The first-order valence-corrected chi connectivity index (χ1v) is 9.54. The highest BCUT2D eigenvalue weighted by Crippen LogP contribution is 2.43. The summed E-state index contributed by atoms with van der Waals surface area (Å²) in [6, 6.07) is 4.14. The molecule has 0 atom stereocenters. The lowest BCUT2D eigenvalue weighted by Crippen LogP contribution is -2.15. The second-order valence-electron chi connectivity index (χ2n) is 7.46. The van der Waals surface area contributed by atoms with Gasteiger partial charge in [0.2, 0.25) is 0 Å². The van der Waals surface area contributed by atoms with Crippen LogP contribution in [0.2, 0.25) is 0 Å². The van der Waals surface area contributed by atoms with E-state index in [0.29, 0.717) is 23.6 Å². The monoisotopic (exact) mass is 394 g/mol. The van der Waals surface area contributed by atoms with Crippen LogP contribution in [0.25, 0.3) is 11.1 Å². The Morgan fingerprint density at radius 3 is 2.14 bits per heavy atom. The highest BCUT2D eigenvalue weighted by molar-refractivity contribution is 5.90. The van der Waals surface area contributed by atoms with E-state index in [0.717, 1.165) is 38.5 Å². The molecule has 1 fully saturated rings. The Kier molecular flexibility index (Phi) is 6.06. The maximum absolute atomic E-state index is 15.1. The quantitative estimate of drug-likeness (QED) is 0.454. The van der Waals surface area contributed by atoms with Gasteiger partial charge in [-0.25, -0.2) is 22.4 Å². The number of aromatic carboxylic acids is 1. The molecule has 1 saturated carbocycles. The van der Waals surface area contributed by atoms with Crippen molar-refractivity contribution in [3.05, 3.63) is 58.7 Å². The zero-order valence-electron chi connectivity index (χ0n) is 15.6. The van der Waals surface area contributed by atoms with E-state index in [1.165, 1.54) is 12.1 Å². The summed E-state index contributed by atoms with van der Waals surface area (Å²) in [7, 11) is 0. The van der Waals surface area contributed by atoms with Crippen LogP contribution < -0.4 is 0 Å². The van der Waals surface area contributed by atoms with Crippen molar-refractivity contribution in [1.29, 1.82) is 0 Å². The van der Waals surface area contributed by atoms with Gasteiger partial charge in [-0.15, -0.1) is 0 Å². The van der Waals surface area contributed by atoms with Crippen molar-refractivity contribution in [3.63, 3.8) is 0 Å². The van der Waals surface area contributed by atoms with Crippen molar-refractivity contribution in [1.82, 2.24) is 0 Å². The summed E-state index contributed by atoms with van der Waals surface area (Å²) in [5.74, 6) is -6.48. The standard InChI is InChI=1S/C22H22F4O2/c1-2-3-12-4-6-13(7-5-12)15-8-9-16(22(27)28)20(25)19(15)14-10-17(23)21(26)18(24)11-14/h8-13H,2-7H2,1H3,(H,27,28). The first-order chi connectivity index (χ1) is 13.3. The second kappa shape index (κ2) is 8.33. The summed E-state index contributed by atoms with van der Waals surface area (Å²) in [5, 5.41) is 9.24. The van der Waals surface area contributed by atoms with E-state index in [-0.39, 0.29) is 17.0 Å². The summed E-state index contributed by atoms with van der Waals surface area (Å²) in [4.78, 5) is 11.3. The minimum absolute atomic E-state index is 0.0448. The number of benzene rings is 2. The van der Waals surface area contributed by atoms with Crippen LogP contribution in [0.5, 0.6) is 0 Å². The number of carboxylic acid groups (broad SMARTS) is 1. The minimum Gasteiger partial charge on any atom is -0.478 e.